The fourth-order valence-corrected chi connectivity index (χ4v) is 6.45. The van der Waals surface area contributed by atoms with Crippen LogP contribution < -0.4 is 10.2 Å². The number of nitrogens with zero attached hydrogens (tertiary/aromatic N) is 3. The van der Waals surface area contributed by atoms with Crippen LogP contribution in [0.25, 0.3) is 0 Å². The lowest BCUT2D eigenvalue weighted by atomic mass is 9.79. The SMILES string of the molecule is C[C@H]1C[C@]2(CCN1CC1CCC1)C(=NC1CCCCC1)NC(=O)N2c1cccc(Br)c1. The summed E-state index contributed by atoms with van der Waals surface area (Å²) in [5.41, 5.74) is 0.602. The van der Waals surface area contributed by atoms with Crippen LogP contribution >= 0.6 is 15.9 Å². The lowest BCUT2D eigenvalue weighted by Gasteiger charge is -2.48. The number of rotatable bonds is 4. The van der Waals surface area contributed by atoms with Crippen molar-refractivity contribution in [2.75, 3.05) is 18.0 Å². The monoisotopic (exact) mass is 486 g/mol. The molecule has 2 saturated carbocycles. The summed E-state index contributed by atoms with van der Waals surface area (Å²) in [7, 11) is 0. The Morgan fingerprint density at radius 1 is 1.16 bits per heavy atom. The highest BCUT2D eigenvalue weighted by molar-refractivity contribution is 9.10. The molecule has 1 N–H and O–H groups in total. The second kappa shape index (κ2) is 8.86. The molecule has 1 aromatic carbocycles. The molecule has 5 rings (SSSR count). The van der Waals surface area contributed by atoms with Gasteiger partial charge in [-0.2, -0.15) is 0 Å². The standard InChI is InChI=1S/C25H35BrN4O/c1-18-16-25(13-14-29(18)17-19-7-5-8-19)23(27-21-10-3-2-4-11-21)28-24(31)30(25)22-12-6-9-20(26)15-22/h6,9,12,15,18-19,21H,2-5,7-8,10-11,13-14,16-17H2,1H3,(H,27,28,31)/t18-,25+/m0/s1. The van der Waals surface area contributed by atoms with Crippen molar-refractivity contribution in [3.8, 4) is 0 Å². The van der Waals surface area contributed by atoms with E-state index in [9.17, 15) is 4.79 Å². The van der Waals surface area contributed by atoms with E-state index in [1.165, 1.54) is 45.1 Å². The Bertz CT molecular complexity index is 848. The van der Waals surface area contributed by atoms with Gasteiger partial charge in [-0.15, -0.1) is 0 Å². The Morgan fingerprint density at radius 2 is 1.97 bits per heavy atom. The van der Waals surface area contributed by atoms with Gasteiger partial charge in [-0.05, 0) is 69.6 Å². The van der Waals surface area contributed by atoms with E-state index in [0.717, 1.165) is 54.1 Å². The number of benzene rings is 1. The van der Waals surface area contributed by atoms with Gasteiger partial charge in [0, 0.05) is 29.3 Å². The van der Waals surface area contributed by atoms with E-state index in [-0.39, 0.29) is 11.6 Å². The van der Waals surface area contributed by atoms with E-state index >= 15 is 0 Å². The third-order valence-corrected chi connectivity index (χ3v) is 8.53. The molecule has 2 heterocycles. The van der Waals surface area contributed by atoms with E-state index in [0.29, 0.717) is 12.1 Å². The van der Waals surface area contributed by atoms with Crippen LogP contribution in [0.5, 0.6) is 0 Å². The highest BCUT2D eigenvalue weighted by Crippen LogP contribution is 2.42. The Labute approximate surface area is 194 Å². The number of amides is 2. The van der Waals surface area contributed by atoms with E-state index in [4.69, 9.17) is 4.99 Å². The maximum atomic E-state index is 13.3. The Balaban J connectivity index is 1.47. The molecule has 2 aliphatic carbocycles. The quantitative estimate of drug-likeness (QED) is 0.590. The number of carbonyl (C=O) groups excluding carboxylic acids is 1. The van der Waals surface area contributed by atoms with Crippen molar-refractivity contribution < 1.29 is 4.79 Å². The van der Waals surface area contributed by atoms with Crippen LogP contribution in [0, 0.1) is 5.92 Å². The minimum atomic E-state index is -0.356. The molecular formula is C25H35BrN4O. The first-order valence-electron chi connectivity index (χ1n) is 12.2. The number of aliphatic imine (C=N–C) groups is 1. The lowest BCUT2D eigenvalue weighted by Crippen LogP contribution is -2.60. The van der Waals surface area contributed by atoms with Crippen molar-refractivity contribution in [2.24, 2.45) is 10.9 Å². The van der Waals surface area contributed by atoms with Gasteiger partial charge < -0.3 is 4.90 Å². The second-order valence-corrected chi connectivity index (χ2v) is 11.1. The van der Waals surface area contributed by atoms with Crippen LogP contribution in [0.1, 0.15) is 71.1 Å². The first-order chi connectivity index (χ1) is 15.0. The molecule has 1 aromatic rings. The summed E-state index contributed by atoms with van der Waals surface area (Å²) in [5.74, 6) is 1.80. The molecule has 168 valence electrons. The number of hydrogen-bond donors (Lipinski definition) is 1. The molecule has 1 spiro atoms. The highest BCUT2D eigenvalue weighted by atomic mass is 79.9. The minimum Gasteiger partial charge on any atom is -0.300 e. The number of nitrogens with one attached hydrogen (secondary N) is 1. The topological polar surface area (TPSA) is 47.9 Å². The fourth-order valence-electron chi connectivity index (χ4n) is 6.06. The first kappa shape index (κ1) is 21.4. The molecule has 2 saturated heterocycles. The van der Waals surface area contributed by atoms with E-state index in [1.807, 2.05) is 17.0 Å². The van der Waals surface area contributed by atoms with E-state index < -0.39 is 0 Å². The summed E-state index contributed by atoms with van der Waals surface area (Å²) in [5, 5.41) is 3.23. The van der Waals surface area contributed by atoms with Crippen molar-refractivity contribution >= 4 is 33.5 Å². The normalized spacial score (nSPS) is 31.9. The number of halogens is 1. The van der Waals surface area contributed by atoms with Crippen molar-refractivity contribution in [3.63, 3.8) is 0 Å². The molecule has 2 aliphatic heterocycles. The molecule has 0 aromatic heterocycles. The van der Waals surface area contributed by atoms with Gasteiger partial charge in [0.2, 0.25) is 0 Å². The van der Waals surface area contributed by atoms with Gasteiger partial charge in [-0.25, -0.2) is 4.79 Å². The molecule has 2 amide bonds. The van der Waals surface area contributed by atoms with Gasteiger partial charge >= 0.3 is 6.03 Å². The van der Waals surface area contributed by atoms with Crippen LogP contribution in [0.2, 0.25) is 0 Å². The largest absolute Gasteiger partial charge is 0.328 e. The van der Waals surface area contributed by atoms with Crippen molar-refractivity contribution in [1.29, 1.82) is 0 Å². The molecule has 6 heteroatoms. The number of urea groups is 1. The van der Waals surface area contributed by atoms with Gasteiger partial charge in [0.1, 0.15) is 11.4 Å². The maximum absolute atomic E-state index is 13.3. The highest BCUT2D eigenvalue weighted by Gasteiger charge is 2.54. The number of anilines is 1. The van der Waals surface area contributed by atoms with Gasteiger partial charge in [-0.3, -0.25) is 15.2 Å². The summed E-state index contributed by atoms with van der Waals surface area (Å²) in [6.07, 6.45) is 12.2. The van der Waals surface area contributed by atoms with Gasteiger partial charge in [0.15, 0.2) is 0 Å². The van der Waals surface area contributed by atoms with E-state index in [1.54, 1.807) is 0 Å². The number of piperidine rings is 1. The Hall–Kier alpha value is -1.40. The molecule has 0 unspecified atom stereocenters. The van der Waals surface area contributed by atoms with Gasteiger partial charge in [-0.1, -0.05) is 47.7 Å². The summed E-state index contributed by atoms with van der Waals surface area (Å²) >= 11 is 3.60. The Kier molecular flexibility index (Phi) is 6.13. The zero-order chi connectivity index (χ0) is 21.4. The van der Waals surface area contributed by atoms with Gasteiger partial charge in [0.25, 0.3) is 0 Å². The minimum absolute atomic E-state index is 0.0210. The maximum Gasteiger partial charge on any atom is 0.328 e. The number of carbonyl (C=O) groups is 1. The molecule has 31 heavy (non-hydrogen) atoms. The first-order valence-corrected chi connectivity index (χ1v) is 13.0. The van der Waals surface area contributed by atoms with Crippen molar-refractivity contribution in [1.82, 2.24) is 10.2 Å². The molecule has 0 radical (unpaired) electrons. The van der Waals surface area contributed by atoms with Crippen LogP contribution in [0.15, 0.2) is 33.7 Å². The third kappa shape index (κ3) is 4.18. The van der Waals surface area contributed by atoms with Crippen LogP contribution in [0.3, 0.4) is 0 Å². The summed E-state index contributed by atoms with van der Waals surface area (Å²) < 4.78 is 1.00. The summed E-state index contributed by atoms with van der Waals surface area (Å²) in [4.78, 5) is 23.2. The summed E-state index contributed by atoms with van der Waals surface area (Å²) in [6.45, 7) is 4.59. The smallest absolute Gasteiger partial charge is 0.300 e. The van der Waals surface area contributed by atoms with Crippen molar-refractivity contribution in [2.45, 2.75) is 88.8 Å². The average molecular weight is 487 g/mol. The predicted octanol–water partition coefficient (Wildman–Crippen LogP) is 5.73. The molecular weight excluding hydrogens is 452 g/mol. The second-order valence-electron chi connectivity index (χ2n) is 10.1. The van der Waals surface area contributed by atoms with E-state index in [2.05, 4.69) is 45.2 Å². The van der Waals surface area contributed by atoms with Crippen molar-refractivity contribution in [3.05, 3.63) is 28.7 Å². The molecule has 0 bridgehead atoms. The number of likely N-dealkylation sites (tertiary alicyclic amines) is 1. The van der Waals surface area contributed by atoms with Gasteiger partial charge in [0.05, 0.1) is 6.04 Å². The average Bonchev–Trinajstić information content (AvgIpc) is 2.97. The lowest BCUT2D eigenvalue weighted by molar-refractivity contribution is 0.0907. The number of hydrogen-bond acceptors (Lipinski definition) is 3. The summed E-state index contributed by atoms with van der Waals surface area (Å²) in [6, 6.07) is 8.93. The zero-order valence-electron chi connectivity index (χ0n) is 18.7. The Morgan fingerprint density at radius 3 is 2.65 bits per heavy atom. The zero-order valence-corrected chi connectivity index (χ0v) is 20.2. The molecule has 4 fully saturated rings. The van der Waals surface area contributed by atoms with Crippen LogP contribution in [-0.2, 0) is 0 Å². The predicted molar refractivity (Wildman–Crippen MR) is 130 cm³/mol. The number of amidine groups is 1. The fraction of sp³-hybridized carbons (Fsp3) is 0.680. The van der Waals surface area contributed by atoms with Crippen LogP contribution in [0.4, 0.5) is 10.5 Å². The molecule has 4 aliphatic rings. The third-order valence-electron chi connectivity index (χ3n) is 8.04. The van der Waals surface area contributed by atoms with Crippen LogP contribution in [-0.4, -0.2) is 47.5 Å². The molecule has 2 atom stereocenters. The molecule has 5 nitrogen and oxygen atoms in total.